The van der Waals surface area contributed by atoms with E-state index >= 15 is 0 Å². The lowest BCUT2D eigenvalue weighted by Gasteiger charge is -2.25. The topological polar surface area (TPSA) is 132 Å². The van der Waals surface area contributed by atoms with Crippen molar-refractivity contribution in [2.75, 3.05) is 58.5 Å². The number of urea groups is 2. The van der Waals surface area contributed by atoms with Crippen molar-refractivity contribution in [1.82, 2.24) is 14.7 Å². The fourth-order valence-corrected chi connectivity index (χ4v) is 3.66. The molecule has 2 aromatic carbocycles. The van der Waals surface area contributed by atoms with E-state index < -0.39 is 12.0 Å². The van der Waals surface area contributed by atoms with Gasteiger partial charge in [0.1, 0.15) is 5.75 Å². The maximum absolute atomic E-state index is 12.7. The molecule has 0 saturated heterocycles. The summed E-state index contributed by atoms with van der Waals surface area (Å²) in [6, 6.07) is 11.9. The number of carboxylic acid groups (broad SMARTS) is 1. The largest absolute Gasteiger partial charge is 0.495 e. The van der Waals surface area contributed by atoms with Gasteiger partial charge in [-0.05, 0) is 42.7 Å². The van der Waals surface area contributed by atoms with Crippen LogP contribution in [0.3, 0.4) is 0 Å². The number of nitrogens with one attached hydrogen (secondary N) is 2. The van der Waals surface area contributed by atoms with Gasteiger partial charge in [0, 0.05) is 46.5 Å². The molecule has 11 nitrogen and oxygen atoms in total. The van der Waals surface area contributed by atoms with Crippen molar-refractivity contribution in [3.8, 4) is 5.75 Å². The Morgan fingerprint density at radius 1 is 0.868 bits per heavy atom. The highest BCUT2D eigenvalue weighted by atomic mass is 16.5. The van der Waals surface area contributed by atoms with Gasteiger partial charge in [0.15, 0.2) is 0 Å². The first kappa shape index (κ1) is 29.9. The summed E-state index contributed by atoms with van der Waals surface area (Å²) in [6.07, 6.45) is 0.602. The van der Waals surface area contributed by atoms with Crippen LogP contribution in [0.1, 0.15) is 24.0 Å². The highest BCUT2D eigenvalue weighted by Gasteiger charge is 2.17. The van der Waals surface area contributed by atoms with Crippen molar-refractivity contribution in [2.45, 2.75) is 26.2 Å². The molecular formula is C27H37N5O6. The number of likely N-dealkylation sites (N-methyl/N-ethyl adjacent to an activating group) is 1. The Hall–Kier alpha value is -4.28. The van der Waals surface area contributed by atoms with Crippen LogP contribution in [0, 0.1) is 6.92 Å². The maximum atomic E-state index is 12.7. The van der Waals surface area contributed by atoms with Crippen molar-refractivity contribution in [3.05, 3.63) is 53.6 Å². The molecule has 0 bridgehead atoms. The molecule has 38 heavy (non-hydrogen) atoms. The minimum atomic E-state index is -0.959. The summed E-state index contributed by atoms with van der Waals surface area (Å²) in [5, 5.41) is 14.3. The van der Waals surface area contributed by atoms with Crippen LogP contribution >= 0.6 is 0 Å². The van der Waals surface area contributed by atoms with E-state index in [1.165, 1.54) is 16.9 Å². The van der Waals surface area contributed by atoms with Crippen LogP contribution < -0.4 is 15.4 Å². The number of ether oxygens (including phenoxy) is 1. The van der Waals surface area contributed by atoms with Gasteiger partial charge in [-0.25, -0.2) is 9.59 Å². The average Bonchev–Trinajstić information content (AvgIpc) is 2.88. The predicted octanol–water partition coefficient (Wildman–Crippen LogP) is 3.50. The molecule has 0 unspecified atom stereocenters. The summed E-state index contributed by atoms with van der Waals surface area (Å²) in [6.45, 7) is 2.91. The molecule has 2 rings (SSSR count). The Morgan fingerprint density at radius 2 is 1.50 bits per heavy atom. The molecule has 0 radical (unpaired) electrons. The third-order valence-electron chi connectivity index (χ3n) is 5.99. The van der Waals surface area contributed by atoms with E-state index in [4.69, 9.17) is 9.84 Å². The van der Waals surface area contributed by atoms with Crippen LogP contribution in [0.5, 0.6) is 5.75 Å². The second kappa shape index (κ2) is 14.5. The summed E-state index contributed by atoms with van der Waals surface area (Å²) < 4.78 is 5.42. The van der Waals surface area contributed by atoms with Crippen LogP contribution in [0.4, 0.5) is 21.0 Å². The normalized spacial score (nSPS) is 10.3. The first-order chi connectivity index (χ1) is 18.0. The number of carboxylic acids is 1. The summed E-state index contributed by atoms with van der Waals surface area (Å²) in [4.78, 5) is 52.6. The maximum Gasteiger partial charge on any atom is 0.323 e. The van der Waals surface area contributed by atoms with Crippen molar-refractivity contribution in [3.63, 3.8) is 0 Å². The number of hydrogen-bond donors (Lipinski definition) is 3. The molecule has 0 fully saturated rings. The molecule has 0 aliphatic rings. The number of carbonyl (C=O) groups is 4. The van der Waals surface area contributed by atoms with Crippen LogP contribution in [0.15, 0.2) is 42.5 Å². The van der Waals surface area contributed by atoms with E-state index in [0.717, 1.165) is 11.1 Å². The van der Waals surface area contributed by atoms with Gasteiger partial charge >= 0.3 is 18.0 Å². The number of anilines is 2. The van der Waals surface area contributed by atoms with E-state index in [-0.39, 0.29) is 31.3 Å². The lowest BCUT2D eigenvalue weighted by molar-refractivity contribution is -0.137. The Labute approximate surface area is 223 Å². The third-order valence-corrected chi connectivity index (χ3v) is 5.99. The fraction of sp³-hybridized carbons (Fsp3) is 0.407. The highest BCUT2D eigenvalue weighted by Crippen LogP contribution is 2.26. The zero-order valence-electron chi connectivity index (χ0n) is 22.6. The summed E-state index contributed by atoms with van der Waals surface area (Å²) in [5.41, 5.74) is 2.85. The summed E-state index contributed by atoms with van der Waals surface area (Å²) >= 11 is 0. The second-order valence-electron chi connectivity index (χ2n) is 9.04. The number of hydrogen-bond acceptors (Lipinski definition) is 5. The first-order valence-corrected chi connectivity index (χ1v) is 12.2. The van der Waals surface area contributed by atoms with E-state index in [9.17, 15) is 19.2 Å². The SMILES string of the molecule is COc1cc(CC(=O)N(C)CCCN(C)C(=O)N(C)CCC(=O)O)ccc1NC(=O)Nc1ccccc1C. The molecule has 0 atom stereocenters. The minimum absolute atomic E-state index is 0.0994. The molecule has 5 amide bonds. The molecule has 0 aliphatic carbocycles. The molecule has 3 N–H and O–H groups in total. The van der Waals surface area contributed by atoms with Crippen molar-refractivity contribution >= 4 is 35.3 Å². The van der Waals surface area contributed by atoms with Crippen LogP contribution in [0.25, 0.3) is 0 Å². The predicted molar refractivity (Wildman–Crippen MR) is 146 cm³/mol. The standard InChI is InChI=1S/C27H37N5O6/c1-19-9-6-7-10-21(19)28-26(36)29-22-12-11-20(17-23(22)38-5)18-24(33)30(2)14-8-15-31(3)27(37)32(4)16-13-25(34)35/h6-7,9-12,17H,8,13-16,18H2,1-5H3,(H,34,35)(H2,28,29,36). The number of para-hydroxylation sites is 1. The Bertz CT molecular complexity index is 1140. The Kier molecular flexibility index (Phi) is 11.4. The summed E-state index contributed by atoms with van der Waals surface area (Å²) in [7, 11) is 6.40. The van der Waals surface area contributed by atoms with Gasteiger partial charge < -0.3 is 35.2 Å². The Morgan fingerprint density at radius 3 is 2.16 bits per heavy atom. The molecular weight excluding hydrogens is 490 g/mol. The molecule has 0 aromatic heterocycles. The number of aryl methyl sites for hydroxylation is 1. The quantitative estimate of drug-likeness (QED) is 0.387. The number of rotatable bonds is 12. The van der Waals surface area contributed by atoms with Crippen molar-refractivity contribution in [1.29, 1.82) is 0 Å². The third kappa shape index (κ3) is 9.30. The zero-order chi connectivity index (χ0) is 28.2. The van der Waals surface area contributed by atoms with Gasteiger partial charge in [0.25, 0.3) is 0 Å². The monoisotopic (exact) mass is 527 g/mol. The van der Waals surface area contributed by atoms with Crippen LogP contribution in [-0.4, -0.2) is 91.6 Å². The fourth-order valence-electron chi connectivity index (χ4n) is 3.66. The molecule has 0 aliphatic heterocycles. The van der Waals surface area contributed by atoms with Crippen LogP contribution in [0.2, 0.25) is 0 Å². The van der Waals surface area contributed by atoms with E-state index in [0.29, 0.717) is 36.6 Å². The number of benzene rings is 2. The minimum Gasteiger partial charge on any atom is -0.495 e. The molecule has 206 valence electrons. The van der Waals surface area contributed by atoms with Crippen molar-refractivity contribution < 1.29 is 29.0 Å². The average molecular weight is 528 g/mol. The van der Waals surface area contributed by atoms with Gasteiger partial charge in [0.05, 0.1) is 25.6 Å². The van der Waals surface area contributed by atoms with E-state index in [1.54, 1.807) is 44.2 Å². The molecule has 0 spiro atoms. The lowest BCUT2D eigenvalue weighted by atomic mass is 10.1. The summed E-state index contributed by atoms with van der Waals surface area (Å²) in [5.74, 6) is -0.623. The number of methoxy groups -OCH3 is 1. The highest BCUT2D eigenvalue weighted by molar-refractivity contribution is 6.01. The number of nitrogens with zero attached hydrogens (tertiary/aromatic N) is 3. The number of aliphatic carboxylic acids is 1. The zero-order valence-corrected chi connectivity index (χ0v) is 22.6. The van der Waals surface area contributed by atoms with E-state index in [2.05, 4.69) is 10.6 Å². The van der Waals surface area contributed by atoms with E-state index in [1.807, 2.05) is 31.2 Å². The smallest absolute Gasteiger partial charge is 0.323 e. The number of carbonyl (C=O) groups excluding carboxylic acids is 3. The first-order valence-electron chi connectivity index (χ1n) is 12.2. The van der Waals surface area contributed by atoms with Crippen molar-refractivity contribution in [2.24, 2.45) is 0 Å². The van der Waals surface area contributed by atoms with Crippen LogP contribution in [-0.2, 0) is 16.0 Å². The van der Waals surface area contributed by atoms with Gasteiger partial charge in [0.2, 0.25) is 5.91 Å². The Balaban J connectivity index is 1.86. The number of amides is 5. The molecule has 0 saturated carbocycles. The molecule has 2 aromatic rings. The van der Waals surface area contributed by atoms with Gasteiger partial charge in [-0.15, -0.1) is 0 Å². The molecule has 0 heterocycles. The lowest BCUT2D eigenvalue weighted by Crippen LogP contribution is -2.41. The molecule has 11 heteroatoms. The second-order valence-corrected chi connectivity index (χ2v) is 9.04. The van der Waals surface area contributed by atoms with Gasteiger partial charge in [-0.3, -0.25) is 9.59 Å². The van der Waals surface area contributed by atoms with Gasteiger partial charge in [-0.1, -0.05) is 24.3 Å². The van der Waals surface area contributed by atoms with Gasteiger partial charge in [-0.2, -0.15) is 0 Å².